The predicted octanol–water partition coefficient (Wildman–Crippen LogP) is 3.39. The van der Waals surface area contributed by atoms with Crippen molar-refractivity contribution in [2.24, 2.45) is 0 Å². The maximum atomic E-state index is 13.4. The molecule has 2 aromatic carbocycles. The zero-order chi connectivity index (χ0) is 27.8. The second-order valence-electron chi connectivity index (χ2n) is 10.9. The Hall–Kier alpha value is -2.65. The van der Waals surface area contributed by atoms with Crippen molar-refractivity contribution >= 4 is 23.4 Å². The molecule has 2 aliphatic rings. The predicted molar refractivity (Wildman–Crippen MR) is 153 cm³/mol. The van der Waals surface area contributed by atoms with Gasteiger partial charge in [-0.25, -0.2) is 0 Å². The smallest absolute Gasteiger partial charge is 0.236 e. The lowest BCUT2D eigenvalue weighted by atomic mass is 9.96. The normalized spacial score (nSPS) is 20.7. The van der Waals surface area contributed by atoms with Crippen LogP contribution in [0, 0.1) is 0 Å². The van der Waals surface area contributed by atoms with Crippen LogP contribution < -0.4 is 4.74 Å². The fourth-order valence-corrected chi connectivity index (χ4v) is 5.26. The fourth-order valence-electron chi connectivity index (χ4n) is 5.13. The quantitative estimate of drug-likeness (QED) is 0.447. The van der Waals surface area contributed by atoms with E-state index >= 15 is 0 Å². The molecular weight excluding hydrogens is 516 g/mol. The minimum Gasteiger partial charge on any atom is -0.490 e. The van der Waals surface area contributed by atoms with E-state index in [2.05, 4.69) is 23.6 Å². The molecule has 212 valence electrons. The number of halogens is 1. The van der Waals surface area contributed by atoms with Gasteiger partial charge in [-0.3, -0.25) is 19.4 Å². The summed E-state index contributed by atoms with van der Waals surface area (Å²) >= 11 is 6.03. The van der Waals surface area contributed by atoms with Crippen LogP contribution >= 0.6 is 11.6 Å². The average Bonchev–Trinajstić information content (AvgIpc) is 2.93. The largest absolute Gasteiger partial charge is 0.490 e. The van der Waals surface area contributed by atoms with E-state index in [1.54, 1.807) is 36.2 Å². The summed E-state index contributed by atoms with van der Waals surface area (Å²) in [5, 5.41) is 0.620. The molecule has 0 bridgehead atoms. The highest BCUT2D eigenvalue weighted by molar-refractivity contribution is 6.30. The summed E-state index contributed by atoms with van der Waals surface area (Å²) in [7, 11) is 1.80. The van der Waals surface area contributed by atoms with E-state index in [-0.39, 0.29) is 24.8 Å². The zero-order valence-electron chi connectivity index (χ0n) is 23.4. The third-order valence-electron chi connectivity index (χ3n) is 7.57. The Morgan fingerprint density at radius 2 is 1.72 bits per heavy atom. The lowest BCUT2D eigenvalue weighted by Gasteiger charge is -2.43. The highest BCUT2D eigenvalue weighted by atomic mass is 35.5. The number of hydrogen-bond acceptors (Lipinski definition) is 6. The molecule has 39 heavy (non-hydrogen) atoms. The number of nitrogens with zero attached hydrogens (tertiary/aromatic N) is 4. The van der Waals surface area contributed by atoms with Gasteiger partial charge in [0.1, 0.15) is 18.0 Å². The Morgan fingerprint density at radius 3 is 2.38 bits per heavy atom. The van der Waals surface area contributed by atoms with Crippen LogP contribution in [0.5, 0.6) is 5.75 Å². The van der Waals surface area contributed by atoms with Gasteiger partial charge in [-0.05, 0) is 43.7 Å². The molecule has 4 rings (SSSR count). The van der Waals surface area contributed by atoms with Gasteiger partial charge in [0.2, 0.25) is 11.8 Å². The van der Waals surface area contributed by atoms with Gasteiger partial charge in [0, 0.05) is 57.4 Å². The van der Waals surface area contributed by atoms with Crippen LogP contribution in [-0.2, 0) is 20.9 Å². The van der Waals surface area contributed by atoms with Gasteiger partial charge < -0.3 is 19.3 Å². The first-order valence-corrected chi connectivity index (χ1v) is 14.2. The average molecular weight is 557 g/mol. The SMILES string of the molecule is CC(C)N1CCN(CC(=O)N2CCO[C@@](COc3ccc(Cl)cc3)(CC(=O)N(C)Cc3ccccc3)C2)CC1. The third kappa shape index (κ3) is 8.42. The second-order valence-corrected chi connectivity index (χ2v) is 11.3. The van der Waals surface area contributed by atoms with Crippen LogP contribution in [0.3, 0.4) is 0 Å². The molecule has 0 unspecified atom stereocenters. The lowest BCUT2D eigenvalue weighted by molar-refractivity contribution is -0.166. The summed E-state index contributed by atoms with van der Waals surface area (Å²) < 4.78 is 12.4. The highest BCUT2D eigenvalue weighted by Gasteiger charge is 2.42. The number of amides is 2. The maximum absolute atomic E-state index is 13.4. The van der Waals surface area contributed by atoms with Crippen molar-refractivity contribution in [2.75, 3.05) is 66.1 Å². The first-order valence-electron chi connectivity index (χ1n) is 13.8. The number of carbonyl (C=O) groups excluding carboxylic acids is 2. The molecule has 2 amide bonds. The van der Waals surface area contributed by atoms with E-state index in [0.717, 1.165) is 31.7 Å². The van der Waals surface area contributed by atoms with Gasteiger partial charge in [-0.1, -0.05) is 41.9 Å². The van der Waals surface area contributed by atoms with Gasteiger partial charge in [0.25, 0.3) is 0 Å². The molecule has 8 nitrogen and oxygen atoms in total. The highest BCUT2D eigenvalue weighted by Crippen LogP contribution is 2.26. The topological polar surface area (TPSA) is 65.6 Å². The number of ether oxygens (including phenoxy) is 2. The molecule has 2 fully saturated rings. The standard InChI is InChI=1S/C30H41ClN4O4/c1-24(2)34-15-13-33(14-16-34)21-29(37)35-17-18-39-30(22-35,23-38-27-11-9-26(31)10-12-27)19-28(36)32(3)20-25-7-5-4-6-8-25/h4-12,24H,13-23H2,1-3H3/t30-/m0/s1. The first-order chi connectivity index (χ1) is 18.7. The molecule has 0 N–H and O–H groups in total. The van der Waals surface area contributed by atoms with E-state index < -0.39 is 5.60 Å². The molecular formula is C30H41ClN4O4. The van der Waals surface area contributed by atoms with Crippen molar-refractivity contribution in [1.29, 1.82) is 0 Å². The van der Waals surface area contributed by atoms with Crippen LogP contribution in [0.4, 0.5) is 0 Å². The fraction of sp³-hybridized carbons (Fsp3) is 0.533. The Kier molecular flexibility index (Phi) is 10.2. The summed E-state index contributed by atoms with van der Waals surface area (Å²) in [4.78, 5) is 35.0. The van der Waals surface area contributed by atoms with E-state index in [1.165, 1.54) is 0 Å². The van der Waals surface area contributed by atoms with E-state index in [0.29, 0.717) is 49.6 Å². The second kappa shape index (κ2) is 13.6. The molecule has 0 saturated carbocycles. The number of hydrogen-bond donors (Lipinski definition) is 0. The van der Waals surface area contributed by atoms with Crippen LogP contribution in [0.1, 0.15) is 25.8 Å². The Balaban J connectivity index is 1.42. The van der Waals surface area contributed by atoms with Crippen molar-refractivity contribution < 1.29 is 19.1 Å². The monoisotopic (exact) mass is 556 g/mol. The summed E-state index contributed by atoms with van der Waals surface area (Å²) in [5.74, 6) is 0.647. The Bertz CT molecular complexity index is 1080. The first kappa shape index (κ1) is 29.3. The Morgan fingerprint density at radius 1 is 1.03 bits per heavy atom. The maximum Gasteiger partial charge on any atom is 0.236 e. The molecule has 2 aromatic rings. The summed E-state index contributed by atoms with van der Waals surface area (Å²) in [6.07, 6.45) is 0.112. The number of morpholine rings is 1. The summed E-state index contributed by atoms with van der Waals surface area (Å²) in [6, 6.07) is 17.5. The van der Waals surface area contributed by atoms with Crippen LogP contribution in [-0.4, -0.2) is 109 Å². The van der Waals surface area contributed by atoms with E-state index in [4.69, 9.17) is 21.1 Å². The van der Waals surface area contributed by atoms with Crippen molar-refractivity contribution in [3.05, 3.63) is 65.2 Å². The van der Waals surface area contributed by atoms with E-state index in [1.807, 2.05) is 35.2 Å². The molecule has 0 aromatic heterocycles. The molecule has 0 aliphatic carbocycles. The number of benzene rings is 2. The zero-order valence-corrected chi connectivity index (χ0v) is 24.1. The van der Waals surface area contributed by atoms with Gasteiger partial charge in [-0.2, -0.15) is 0 Å². The van der Waals surface area contributed by atoms with Crippen molar-refractivity contribution in [1.82, 2.24) is 19.6 Å². The van der Waals surface area contributed by atoms with Gasteiger partial charge in [0.05, 0.1) is 26.1 Å². The van der Waals surface area contributed by atoms with Gasteiger partial charge >= 0.3 is 0 Å². The molecule has 2 heterocycles. The number of piperazine rings is 1. The van der Waals surface area contributed by atoms with Crippen LogP contribution in [0.2, 0.25) is 5.02 Å². The van der Waals surface area contributed by atoms with Gasteiger partial charge in [0.15, 0.2) is 0 Å². The molecule has 0 spiro atoms. The lowest BCUT2D eigenvalue weighted by Crippen LogP contribution is -2.60. The molecule has 1 atom stereocenters. The molecule has 0 radical (unpaired) electrons. The summed E-state index contributed by atoms with van der Waals surface area (Å²) in [5.41, 5.74) is 0.102. The number of rotatable bonds is 10. The van der Waals surface area contributed by atoms with Crippen molar-refractivity contribution in [3.63, 3.8) is 0 Å². The number of carbonyl (C=O) groups is 2. The Labute approximate surface area is 237 Å². The molecule has 9 heteroatoms. The molecule has 2 aliphatic heterocycles. The minimum absolute atomic E-state index is 0.0577. The minimum atomic E-state index is -0.952. The third-order valence-corrected chi connectivity index (χ3v) is 7.83. The van der Waals surface area contributed by atoms with Crippen molar-refractivity contribution in [2.45, 2.75) is 38.5 Å². The summed E-state index contributed by atoms with van der Waals surface area (Å²) in [6.45, 7) is 10.3. The van der Waals surface area contributed by atoms with E-state index in [9.17, 15) is 9.59 Å². The molecule has 2 saturated heterocycles. The van der Waals surface area contributed by atoms with Crippen LogP contribution in [0.15, 0.2) is 54.6 Å². The van der Waals surface area contributed by atoms with Crippen molar-refractivity contribution in [3.8, 4) is 5.75 Å². The van der Waals surface area contributed by atoms with Gasteiger partial charge in [-0.15, -0.1) is 0 Å². The van der Waals surface area contributed by atoms with Crippen LogP contribution in [0.25, 0.3) is 0 Å².